The Hall–Kier alpha value is -2.15. The van der Waals surface area contributed by atoms with E-state index in [2.05, 4.69) is 32.7 Å². The number of hydrogen-bond acceptors (Lipinski definition) is 6. The van der Waals surface area contributed by atoms with Crippen LogP contribution < -0.4 is 0 Å². The maximum absolute atomic E-state index is 11.6. The van der Waals surface area contributed by atoms with E-state index >= 15 is 0 Å². The molecule has 0 aliphatic heterocycles. The van der Waals surface area contributed by atoms with E-state index in [9.17, 15) is 4.79 Å². The van der Waals surface area contributed by atoms with Crippen LogP contribution in [0.15, 0.2) is 29.4 Å². The third-order valence-corrected chi connectivity index (χ3v) is 4.83. The van der Waals surface area contributed by atoms with Gasteiger partial charge in [0.25, 0.3) is 0 Å². The fourth-order valence-electron chi connectivity index (χ4n) is 2.65. The van der Waals surface area contributed by atoms with Gasteiger partial charge in [-0.1, -0.05) is 43.3 Å². The van der Waals surface area contributed by atoms with Gasteiger partial charge in [-0.15, -0.1) is 10.2 Å². The standard InChI is InChI=1S/C17H20N4O2S/c1-4-5-10-21-13-9-7-6-8-12(13)14-15(21)18-17(20-19-14)24-11(2)16(22)23-3/h6-9,11H,4-5,10H2,1-3H3/t11-/m1/s1. The Labute approximate surface area is 144 Å². The second-order valence-electron chi connectivity index (χ2n) is 5.57. The molecule has 0 amide bonds. The van der Waals surface area contributed by atoms with Crippen LogP contribution in [0.25, 0.3) is 22.1 Å². The van der Waals surface area contributed by atoms with Gasteiger partial charge in [0.2, 0.25) is 5.16 Å². The van der Waals surface area contributed by atoms with E-state index in [-0.39, 0.29) is 11.2 Å². The number of esters is 1. The van der Waals surface area contributed by atoms with Gasteiger partial charge in [0, 0.05) is 11.9 Å². The lowest BCUT2D eigenvalue weighted by Crippen LogP contribution is -2.15. The van der Waals surface area contributed by atoms with Gasteiger partial charge in [0.1, 0.15) is 10.8 Å². The monoisotopic (exact) mass is 344 g/mol. The molecular weight excluding hydrogens is 324 g/mol. The summed E-state index contributed by atoms with van der Waals surface area (Å²) < 4.78 is 6.95. The Morgan fingerprint density at radius 3 is 2.88 bits per heavy atom. The number of rotatable bonds is 6. The minimum Gasteiger partial charge on any atom is -0.468 e. The molecule has 0 radical (unpaired) electrons. The first kappa shape index (κ1) is 16.7. The van der Waals surface area contributed by atoms with Crippen molar-refractivity contribution in [3.63, 3.8) is 0 Å². The fourth-order valence-corrected chi connectivity index (χ4v) is 3.39. The number of carbonyl (C=O) groups is 1. The number of ether oxygens (including phenoxy) is 1. The average molecular weight is 344 g/mol. The van der Waals surface area contributed by atoms with Crippen molar-refractivity contribution in [3.05, 3.63) is 24.3 Å². The number of nitrogens with zero attached hydrogens (tertiary/aromatic N) is 4. The molecule has 3 rings (SSSR count). The molecule has 2 heterocycles. The molecule has 0 bridgehead atoms. The Kier molecular flexibility index (Phi) is 4.99. The number of aryl methyl sites for hydroxylation is 1. The highest BCUT2D eigenvalue weighted by atomic mass is 32.2. The third-order valence-electron chi connectivity index (χ3n) is 3.91. The van der Waals surface area contributed by atoms with Crippen LogP contribution in [0.2, 0.25) is 0 Å². The highest BCUT2D eigenvalue weighted by Gasteiger charge is 2.19. The molecule has 6 nitrogen and oxygen atoms in total. The van der Waals surface area contributed by atoms with Crippen LogP contribution >= 0.6 is 11.8 Å². The molecule has 0 saturated heterocycles. The summed E-state index contributed by atoms with van der Waals surface area (Å²) in [5, 5.41) is 9.73. The number of hydrogen-bond donors (Lipinski definition) is 0. The van der Waals surface area contributed by atoms with E-state index in [1.54, 1.807) is 6.92 Å². The maximum atomic E-state index is 11.6. The third kappa shape index (κ3) is 3.08. The Morgan fingerprint density at radius 2 is 2.12 bits per heavy atom. The first-order chi connectivity index (χ1) is 11.7. The molecule has 0 aliphatic rings. The highest BCUT2D eigenvalue weighted by molar-refractivity contribution is 8.00. The molecule has 0 aliphatic carbocycles. The summed E-state index contributed by atoms with van der Waals surface area (Å²) in [5.74, 6) is -0.296. The molecule has 3 aromatic rings. The molecule has 2 aromatic heterocycles. The predicted molar refractivity (Wildman–Crippen MR) is 95.1 cm³/mol. The summed E-state index contributed by atoms with van der Waals surface area (Å²) in [6.45, 7) is 4.83. The van der Waals surface area contributed by atoms with Gasteiger partial charge in [0.05, 0.1) is 12.6 Å². The van der Waals surface area contributed by atoms with Crippen molar-refractivity contribution in [1.82, 2.24) is 19.7 Å². The van der Waals surface area contributed by atoms with E-state index in [0.717, 1.165) is 41.5 Å². The quantitative estimate of drug-likeness (QED) is 0.504. The second kappa shape index (κ2) is 7.17. The molecule has 1 atom stereocenters. The lowest BCUT2D eigenvalue weighted by molar-refractivity contribution is -0.139. The van der Waals surface area contributed by atoms with Gasteiger partial charge in [-0.3, -0.25) is 4.79 Å². The van der Waals surface area contributed by atoms with E-state index in [4.69, 9.17) is 4.74 Å². The number of fused-ring (bicyclic) bond motifs is 3. The number of methoxy groups -OCH3 is 1. The van der Waals surface area contributed by atoms with Crippen LogP contribution in [0.1, 0.15) is 26.7 Å². The van der Waals surface area contributed by atoms with E-state index in [1.807, 2.05) is 18.2 Å². The van der Waals surface area contributed by atoms with Crippen LogP contribution in [-0.2, 0) is 16.1 Å². The van der Waals surface area contributed by atoms with Crippen molar-refractivity contribution in [1.29, 1.82) is 0 Å². The average Bonchev–Trinajstić information content (AvgIpc) is 2.92. The smallest absolute Gasteiger partial charge is 0.318 e. The van der Waals surface area contributed by atoms with Gasteiger partial charge in [-0.05, 0) is 19.4 Å². The highest BCUT2D eigenvalue weighted by Crippen LogP contribution is 2.28. The minimum atomic E-state index is -0.372. The lowest BCUT2D eigenvalue weighted by atomic mass is 10.2. The van der Waals surface area contributed by atoms with Gasteiger partial charge in [-0.25, -0.2) is 4.98 Å². The zero-order chi connectivity index (χ0) is 17.1. The zero-order valence-electron chi connectivity index (χ0n) is 14.0. The van der Waals surface area contributed by atoms with E-state index in [1.165, 1.54) is 18.9 Å². The fraction of sp³-hybridized carbons (Fsp3) is 0.412. The molecular formula is C17H20N4O2S. The number of aromatic nitrogens is 4. The zero-order valence-corrected chi connectivity index (χ0v) is 14.8. The number of carbonyl (C=O) groups excluding carboxylic acids is 1. The summed E-state index contributed by atoms with van der Waals surface area (Å²) in [6, 6.07) is 8.14. The minimum absolute atomic E-state index is 0.296. The molecule has 0 spiro atoms. The first-order valence-corrected chi connectivity index (χ1v) is 8.89. The van der Waals surface area contributed by atoms with Crippen molar-refractivity contribution in [3.8, 4) is 0 Å². The molecule has 126 valence electrons. The first-order valence-electron chi connectivity index (χ1n) is 8.01. The lowest BCUT2D eigenvalue weighted by Gasteiger charge is -2.08. The Bertz CT molecular complexity index is 878. The molecule has 0 saturated carbocycles. The van der Waals surface area contributed by atoms with Crippen LogP contribution in [-0.4, -0.2) is 38.1 Å². The molecule has 0 unspecified atom stereocenters. The molecule has 7 heteroatoms. The second-order valence-corrected chi connectivity index (χ2v) is 6.88. The van der Waals surface area contributed by atoms with Gasteiger partial charge in [-0.2, -0.15) is 0 Å². The summed E-state index contributed by atoms with van der Waals surface area (Å²) in [7, 11) is 1.38. The van der Waals surface area contributed by atoms with Crippen LogP contribution in [0.3, 0.4) is 0 Å². The summed E-state index contributed by atoms with van der Waals surface area (Å²) >= 11 is 1.26. The number of unbranched alkanes of at least 4 members (excludes halogenated alkanes) is 1. The summed E-state index contributed by atoms with van der Waals surface area (Å²) in [5.41, 5.74) is 2.74. The molecule has 0 N–H and O–H groups in total. The normalized spacial score (nSPS) is 12.6. The Balaban J connectivity index is 2.07. The summed E-state index contributed by atoms with van der Waals surface area (Å²) in [4.78, 5) is 16.3. The van der Waals surface area contributed by atoms with Crippen molar-refractivity contribution in [2.24, 2.45) is 0 Å². The van der Waals surface area contributed by atoms with E-state index < -0.39 is 0 Å². The van der Waals surface area contributed by atoms with Gasteiger partial charge in [0.15, 0.2) is 5.65 Å². The largest absolute Gasteiger partial charge is 0.468 e. The SMILES string of the molecule is CCCCn1c2ccccc2c2nnc(S[C@H](C)C(=O)OC)nc21. The summed E-state index contributed by atoms with van der Waals surface area (Å²) in [6.07, 6.45) is 2.17. The van der Waals surface area contributed by atoms with Crippen molar-refractivity contribution in [2.45, 2.75) is 43.6 Å². The molecule has 1 aromatic carbocycles. The van der Waals surface area contributed by atoms with Crippen molar-refractivity contribution in [2.75, 3.05) is 7.11 Å². The molecule has 0 fully saturated rings. The topological polar surface area (TPSA) is 69.9 Å². The number of thioether (sulfide) groups is 1. The number of para-hydroxylation sites is 1. The van der Waals surface area contributed by atoms with E-state index in [0.29, 0.717) is 5.16 Å². The molecule has 24 heavy (non-hydrogen) atoms. The van der Waals surface area contributed by atoms with Crippen molar-refractivity contribution < 1.29 is 9.53 Å². The van der Waals surface area contributed by atoms with Crippen LogP contribution in [0.4, 0.5) is 0 Å². The maximum Gasteiger partial charge on any atom is 0.318 e. The van der Waals surface area contributed by atoms with Crippen LogP contribution in [0.5, 0.6) is 0 Å². The Morgan fingerprint density at radius 1 is 1.33 bits per heavy atom. The van der Waals surface area contributed by atoms with Crippen LogP contribution in [0, 0.1) is 0 Å². The predicted octanol–water partition coefficient (Wildman–Crippen LogP) is 3.43. The van der Waals surface area contributed by atoms with Crippen molar-refractivity contribution >= 4 is 39.8 Å². The van der Waals surface area contributed by atoms with Gasteiger partial charge < -0.3 is 9.30 Å². The number of benzene rings is 1. The van der Waals surface area contributed by atoms with Gasteiger partial charge >= 0.3 is 5.97 Å².